The summed E-state index contributed by atoms with van der Waals surface area (Å²) in [7, 11) is 0. The molecular formula is C67H42N2O. The molecule has 0 radical (unpaired) electrons. The number of fused-ring (bicyclic) bond motifs is 6. The Morgan fingerprint density at radius 2 is 0.757 bits per heavy atom. The van der Waals surface area contributed by atoms with Gasteiger partial charge in [0.2, 0.25) is 0 Å². The number of nitrogens with zero attached hydrogens (tertiary/aromatic N) is 2. The van der Waals surface area contributed by atoms with E-state index in [9.17, 15) is 4.79 Å². The van der Waals surface area contributed by atoms with Gasteiger partial charge in [0, 0.05) is 58.2 Å². The molecule has 0 N–H and O–H groups in total. The third kappa shape index (κ3) is 7.15. The van der Waals surface area contributed by atoms with Crippen molar-refractivity contribution in [3.63, 3.8) is 0 Å². The van der Waals surface area contributed by atoms with E-state index in [-0.39, 0.29) is 5.78 Å². The summed E-state index contributed by atoms with van der Waals surface area (Å²) >= 11 is 0. The summed E-state index contributed by atoms with van der Waals surface area (Å²) in [5, 5.41) is 5.10. The molecule has 3 aliphatic rings. The lowest BCUT2D eigenvalue weighted by Gasteiger charge is -2.20. The fraction of sp³-hybridized carbons (Fsp3) is 0. The predicted molar refractivity (Wildman–Crippen MR) is 290 cm³/mol. The Kier molecular flexibility index (Phi) is 10.8. The first-order valence-electron chi connectivity index (χ1n) is 23.5. The van der Waals surface area contributed by atoms with E-state index < -0.39 is 0 Å². The van der Waals surface area contributed by atoms with E-state index in [0.717, 1.165) is 44.5 Å². The van der Waals surface area contributed by atoms with Gasteiger partial charge in [0.05, 0.1) is 0 Å². The van der Waals surface area contributed by atoms with Crippen LogP contribution in [0.15, 0.2) is 249 Å². The van der Waals surface area contributed by atoms with Crippen molar-refractivity contribution >= 4 is 49.6 Å². The molecule has 0 fully saturated rings. The van der Waals surface area contributed by atoms with Gasteiger partial charge in [-0.3, -0.25) is 14.8 Å². The van der Waals surface area contributed by atoms with Crippen molar-refractivity contribution in [3.05, 3.63) is 277 Å². The number of carbonyl (C=O) groups is 1. The van der Waals surface area contributed by atoms with E-state index in [1.807, 2.05) is 91.3 Å². The summed E-state index contributed by atoms with van der Waals surface area (Å²) < 4.78 is 0. The molecule has 0 atom stereocenters. The van der Waals surface area contributed by atoms with Crippen LogP contribution < -0.4 is 0 Å². The Hall–Kier alpha value is -9.49. The molecule has 3 heteroatoms. The zero-order valence-electron chi connectivity index (χ0n) is 38.1. The second-order valence-corrected chi connectivity index (χ2v) is 17.4. The number of benzene rings is 9. The predicted octanol–water partition coefficient (Wildman–Crippen LogP) is 16.2. The number of pyridine rings is 2. The zero-order valence-corrected chi connectivity index (χ0v) is 38.1. The summed E-state index contributed by atoms with van der Waals surface area (Å²) in [5.41, 5.74) is 21.5. The summed E-state index contributed by atoms with van der Waals surface area (Å²) in [4.78, 5) is 22.0. The molecule has 3 aliphatic carbocycles. The van der Waals surface area contributed by atoms with E-state index >= 15 is 0 Å². The van der Waals surface area contributed by atoms with Crippen molar-refractivity contribution in [2.45, 2.75) is 0 Å². The number of allylic oxidation sites excluding steroid dienone is 4. The first-order valence-corrected chi connectivity index (χ1v) is 23.5. The van der Waals surface area contributed by atoms with Crippen molar-refractivity contribution in [3.8, 4) is 68.0 Å². The van der Waals surface area contributed by atoms with E-state index in [0.29, 0.717) is 0 Å². The molecule has 70 heavy (non-hydrogen) atoms. The minimum atomic E-state index is 0.119. The van der Waals surface area contributed by atoms with Crippen molar-refractivity contribution in [1.82, 2.24) is 9.97 Å². The number of hydrogen-bond acceptors (Lipinski definition) is 3. The van der Waals surface area contributed by atoms with E-state index in [2.05, 4.69) is 161 Å². The first kappa shape index (κ1) is 41.9. The van der Waals surface area contributed by atoms with Crippen LogP contribution in [0.25, 0.3) is 99.5 Å². The van der Waals surface area contributed by atoms with Crippen LogP contribution in [0.5, 0.6) is 0 Å². The Morgan fingerprint density at radius 1 is 0.329 bits per heavy atom. The minimum Gasteiger partial charge on any atom is -0.289 e. The fourth-order valence-electron chi connectivity index (χ4n) is 10.6. The highest BCUT2D eigenvalue weighted by Crippen LogP contribution is 2.58. The molecule has 0 unspecified atom stereocenters. The first-order chi connectivity index (χ1) is 34.7. The highest BCUT2D eigenvalue weighted by atomic mass is 16.1. The average molecular weight is 891 g/mol. The number of Topliss-reactive ketones (excluding diaryl/α,β-unsaturated/α-hetero) is 1. The smallest absolute Gasteiger partial charge is 0.195 e. The van der Waals surface area contributed by atoms with Crippen LogP contribution in [0, 0.1) is 12.3 Å². The molecule has 0 spiro atoms. The standard InChI is InChI=1S/C33H21N.C27H16O.C7H5N/c1-3-10-22(11-4-1)28-20-29(25-16-9-19-34-21-25)31(24-12-5-2-6-13-24)33-27-18-8-15-23-14-7-17-26(30(23)27)32(28)33;28-27-23(18-9-3-1-4-10-18)25-20-15-7-13-17-14-8-16-21(22(17)20)26(25)24(27)19-11-5-2-6-12-19;1-2-7-4-3-5-8-6-7/h1-21H;1-16H;1,3-6H. The van der Waals surface area contributed by atoms with Crippen LogP contribution >= 0.6 is 0 Å². The second-order valence-electron chi connectivity index (χ2n) is 17.4. The van der Waals surface area contributed by atoms with Gasteiger partial charge in [-0.1, -0.05) is 206 Å². The highest BCUT2D eigenvalue weighted by molar-refractivity contribution is 6.61. The van der Waals surface area contributed by atoms with Crippen molar-refractivity contribution in [1.29, 1.82) is 0 Å². The largest absolute Gasteiger partial charge is 0.289 e. The number of terminal acetylenes is 1. The lowest BCUT2D eigenvalue weighted by molar-refractivity contribution is -0.108. The van der Waals surface area contributed by atoms with Crippen LogP contribution in [-0.4, -0.2) is 15.8 Å². The fourth-order valence-corrected chi connectivity index (χ4v) is 10.6. The van der Waals surface area contributed by atoms with Crippen molar-refractivity contribution in [2.75, 3.05) is 0 Å². The lowest BCUT2D eigenvalue weighted by atomic mass is 9.82. The summed E-state index contributed by atoms with van der Waals surface area (Å²) in [6, 6.07) is 78.0. The second kappa shape index (κ2) is 18.0. The number of ketones is 1. The molecule has 0 aliphatic heterocycles. The van der Waals surface area contributed by atoms with Gasteiger partial charge < -0.3 is 0 Å². The number of carbonyl (C=O) groups excluding carboxylic acids is 1. The van der Waals surface area contributed by atoms with Crippen LogP contribution in [0.1, 0.15) is 27.8 Å². The summed E-state index contributed by atoms with van der Waals surface area (Å²) in [6.45, 7) is 0. The van der Waals surface area contributed by atoms with Gasteiger partial charge in [-0.2, -0.15) is 0 Å². The molecule has 0 amide bonds. The Bertz CT molecular complexity index is 3800. The van der Waals surface area contributed by atoms with Crippen LogP contribution in [0.3, 0.4) is 0 Å². The third-order valence-corrected chi connectivity index (χ3v) is 13.5. The zero-order chi connectivity index (χ0) is 47.0. The molecular weight excluding hydrogens is 849 g/mol. The monoisotopic (exact) mass is 890 g/mol. The lowest BCUT2D eigenvalue weighted by Crippen LogP contribution is -2.02. The maximum absolute atomic E-state index is 13.7. The Balaban J connectivity index is 0.000000126. The van der Waals surface area contributed by atoms with Crippen molar-refractivity contribution < 1.29 is 4.79 Å². The summed E-state index contributed by atoms with van der Waals surface area (Å²) in [6.07, 6.45) is 12.2. The highest BCUT2D eigenvalue weighted by Gasteiger charge is 2.40. The molecule has 0 saturated heterocycles. The van der Waals surface area contributed by atoms with Gasteiger partial charge in [0.25, 0.3) is 0 Å². The molecule has 3 nitrogen and oxygen atoms in total. The van der Waals surface area contributed by atoms with Gasteiger partial charge in [0.1, 0.15) is 0 Å². The molecule has 14 rings (SSSR count). The Labute approximate surface area is 407 Å². The Morgan fingerprint density at radius 3 is 1.23 bits per heavy atom. The van der Waals surface area contributed by atoms with Crippen LogP contribution in [-0.2, 0) is 4.79 Å². The minimum absolute atomic E-state index is 0.119. The van der Waals surface area contributed by atoms with Gasteiger partial charge in [-0.05, 0) is 118 Å². The molecule has 0 bridgehead atoms. The number of rotatable bonds is 5. The van der Waals surface area contributed by atoms with Gasteiger partial charge in [0.15, 0.2) is 5.78 Å². The average Bonchev–Trinajstić information content (AvgIpc) is 4.06. The number of aromatic nitrogens is 2. The topological polar surface area (TPSA) is 42.9 Å². The quantitative estimate of drug-likeness (QED) is 0.162. The molecule has 9 aromatic carbocycles. The molecule has 11 aromatic rings. The maximum atomic E-state index is 13.7. The normalized spacial score (nSPS) is 12.5. The molecule has 2 heterocycles. The summed E-state index contributed by atoms with van der Waals surface area (Å²) in [5.74, 6) is 2.58. The SMILES string of the molecule is C#Cc1cccnc1.O=C1C(c2ccccc2)=C2C(=C1c1ccccc1)c1cccc3cccc2c13.c1ccc(-c2cc(-c3cccnc3)c(-c3ccccc3)c3c2-c2cccc4cccc-3c24)cc1. The van der Waals surface area contributed by atoms with E-state index in [4.69, 9.17) is 6.42 Å². The molecule has 326 valence electrons. The number of hydrogen-bond donors (Lipinski definition) is 0. The van der Waals surface area contributed by atoms with E-state index in [1.165, 1.54) is 82.7 Å². The van der Waals surface area contributed by atoms with Crippen LogP contribution in [0.2, 0.25) is 0 Å². The maximum Gasteiger partial charge on any atom is 0.195 e. The van der Waals surface area contributed by atoms with Crippen molar-refractivity contribution in [2.24, 2.45) is 0 Å². The van der Waals surface area contributed by atoms with E-state index in [1.54, 1.807) is 12.4 Å². The molecule has 2 aromatic heterocycles. The van der Waals surface area contributed by atoms with Gasteiger partial charge in [-0.25, -0.2) is 0 Å². The third-order valence-electron chi connectivity index (χ3n) is 13.5. The van der Waals surface area contributed by atoms with Gasteiger partial charge >= 0.3 is 0 Å². The van der Waals surface area contributed by atoms with Crippen LogP contribution in [0.4, 0.5) is 0 Å². The van der Waals surface area contributed by atoms with Gasteiger partial charge in [-0.15, -0.1) is 6.42 Å². The molecule has 0 saturated carbocycles.